The standard InChI is InChI=1S/C16H18N2O2/c19-16(20)14-8-2-1-5-11-18(14)15-13-7-4-3-6-12(13)9-10-17-15/h3-4,6-7,9-10,14H,1-2,5,8,11H2,(H,19,20). The van der Waals surface area contributed by atoms with Gasteiger partial charge in [-0.05, 0) is 24.3 Å². The molecular formula is C16H18N2O2. The highest BCUT2D eigenvalue weighted by atomic mass is 16.4. The van der Waals surface area contributed by atoms with Crippen molar-refractivity contribution >= 4 is 22.6 Å². The monoisotopic (exact) mass is 270 g/mol. The van der Waals surface area contributed by atoms with E-state index < -0.39 is 12.0 Å². The van der Waals surface area contributed by atoms with Gasteiger partial charge < -0.3 is 10.0 Å². The van der Waals surface area contributed by atoms with Gasteiger partial charge in [0, 0.05) is 18.1 Å². The topological polar surface area (TPSA) is 53.4 Å². The lowest BCUT2D eigenvalue weighted by Crippen LogP contribution is -2.41. The van der Waals surface area contributed by atoms with Crippen molar-refractivity contribution in [3.63, 3.8) is 0 Å². The zero-order chi connectivity index (χ0) is 13.9. The molecule has 104 valence electrons. The second kappa shape index (κ2) is 5.49. The van der Waals surface area contributed by atoms with Crippen LogP contribution in [-0.4, -0.2) is 28.6 Å². The van der Waals surface area contributed by atoms with Crippen LogP contribution >= 0.6 is 0 Å². The van der Waals surface area contributed by atoms with E-state index in [4.69, 9.17) is 0 Å². The van der Waals surface area contributed by atoms with Crippen LogP contribution in [0.1, 0.15) is 25.7 Å². The summed E-state index contributed by atoms with van der Waals surface area (Å²) in [6.45, 7) is 0.762. The first-order valence-electron chi connectivity index (χ1n) is 7.10. The fraction of sp³-hybridized carbons (Fsp3) is 0.375. The van der Waals surface area contributed by atoms with E-state index >= 15 is 0 Å². The number of pyridine rings is 1. The van der Waals surface area contributed by atoms with Crippen molar-refractivity contribution < 1.29 is 9.90 Å². The van der Waals surface area contributed by atoms with Gasteiger partial charge in [-0.3, -0.25) is 0 Å². The maximum absolute atomic E-state index is 11.6. The van der Waals surface area contributed by atoms with Crippen molar-refractivity contribution in [3.05, 3.63) is 36.5 Å². The maximum atomic E-state index is 11.6. The molecule has 1 aromatic heterocycles. The van der Waals surface area contributed by atoms with Crippen LogP contribution in [0.25, 0.3) is 10.8 Å². The zero-order valence-electron chi connectivity index (χ0n) is 11.3. The molecule has 2 aromatic rings. The van der Waals surface area contributed by atoms with Crippen molar-refractivity contribution in [1.82, 2.24) is 4.98 Å². The second-order valence-electron chi connectivity index (χ2n) is 5.25. The molecule has 1 aromatic carbocycles. The largest absolute Gasteiger partial charge is 0.480 e. The van der Waals surface area contributed by atoms with Crippen LogP contribution in [0.5, 0.6) is 0 Å². The predicted octanol–water partition coefficient (Wildman–Crippen LogP) is 3.07. The number of carboxylic acid groups (broad SMARTS) is 1. The SMILES string of the molecule is O=C(O)C1CCCCCN1c1nccc2ccccc12. The van der Waals surface area contributed by atoms with Crippen LogP contribution in [0.15, 0.2) is 36.5 Å². The molecule has 0 aliphatic carbocycles. The number of anilines is 1. The number of fused-ring (bicyclic) bond motifs is 1. The summed E-state index contributed by atoms with van der Waals surface area (Å²) in [6, 6.07) is 9.52. The minimum Gasteiger partial charge on any atom is -0.480 e. The number of aromatic nitrogens is 1. The lowest BCUT2D eigenvalue weighted by Gasteiger charge is -2.28. The molecule has 4 heteroatoms. The van der Waals surface area contributed by atoms with E-state index in [0.717, 1.165) is 42.4 Å². The fourth-order valence-corrected chi connectivity index (χ4v) is 2.95. The molecule has 1 aliphatic heterocycles. The first kappa shape index (κ1) is 12.9. The summed E-state index contributed by atoms with van der Waals surface area (Å²) in [7, 11) is 0. The smallest absolute Gasteiger partial charge is 0.326 e. The van der Waals surface area contributed by atoms with E-state index in [-0.39, 0.29) is 0 Å². The van der Waals surface area contributed by atoms with Crippen LogP contribution in [0.2, 0.25) is 0 Å². The number of aliphatic carboxylic acids is 1. The van der Waals surface area contributed by atoms with Crippen molar-refractivity contribution in [3.8, 4) is 0 Å². The van der Waals surface area contributed by atoms with Crippen molar-refractivity contribution in [2.24, 2.45) is 0 Å². The van der Waals surface area contributed by atoms with Gasteiger partial charge in [0.25, 0.3) is 0 Å². The van der Waals surface area contributed by atoms with Crippen LogP contribution < -0.4 is 4.90 Å². The lowest BCUT2D eigenvalue weighted by molar-refractivity contribution is -0.138. The maximum Gasteiger partial charge on any atom is 0.326 e. The molecule has 0 saturated carbocycles. The van der Waals surface area contributed by atoms with Gasteiger partial charge in [-0.25, -0.2) is 9.78 Å². The number of hydrogen-bond acceptors (Lipinski definition) is 3. The van der Waals surface area contributed by atoms with Gasteiger partial charge >= 0.3 is 5.97 Å². The van der Waals surface area contributed by atoms with Crippen LogP contribution in [0.4, 0.5) is 5.82 Å². The number of rotatable bonds is 2. The zero-order valence-corrected chi connectivity index (χ0v) is 11.3. The van der Waals surface area contributed by atoms with Gasteiger partial charge in [0.05, 0.1) is 0 Å². The minimum atomic E-state index is -0.748. The van der Waals surface area contributed by atoms with E-state index in [0.29, 0.717) is 6.42 Å². The number of nitrogens with zero attached hydrogens (tertiary/aromatic N) is 2. The third kappa shape index (κ3) is 2.33. The van der Waals surface area contributed by atoms with Gasteiger partial charge in [-0.1, -0.05) is 37.1 Å². The highest BCUT2D eigenvalue weighted by Gasteiger charge is 2.28. The summed E-state index contributed by atoms with van der Waals surface area (Å²) >= 11 is 0. The third-order valence-electron chi connectivity index (χ3n) is 3.96. The quantitative estimate of drug-likeness (QED) is 0.911. The molecule has 0 amide bonds. The van der Waals surface area contributed by atoms with Gasteiger partial charge in [-0.15, -0.1) is 0 Å². The lowest BCUT2D eigenvalue weighted by atomic mass is 10.1. The van der Waals surface area contributed by atoms with E-state index in [1.807, 2.05) is 35.2 Å². The molecule has 3 rings (SSSR count). The summed E-state index contributed by atoms with van der Waals surface area (Å²) in [5.41, 5.74) is 0. The number of hydrogen-bond donors (Lipinski definition) is 1. The molecule has 1 atom stereocenters. The molecule has 1 unspecified atom stereocenters. The van der Waals surface area contributed by atoms with E-state index in [1.54, 1.807) is 6.20 Å². The molecular weight excluding hydrogens is 252 g/mol. The molecule has 0 radical (unpaired) electrons. The average molecular weight is 270 g/mol. The van der Waals surface area contributed by atoms with Crippen molar-refractivity contribution in [1.29, 1.82) is 0 Å². The van der Waals surface area contributed by atoms with Crippen molar-refractivity contribution in [2.45, 2.75) is 31.7 Å². The Balaban J connectivity index is 2.09. The van der Waals surface area contributed by atoms with Gasteiger partial charge in [0.1, 0.15) is 11.9 Å². The highest BCUT2D eigenvalue weighted by Crippen LogP contribution is 2.29. The van der Waals surface area contributed by atoms with E-state index in [9.17, 15) is 9.90 Å². The Hall–Kier alpha value is -2.10. The molecule has 4 nitrogen and oxygen atoms in total. The Morgan fingerprint density at radius 2 is 2.05 bits per heavy atom. The fourth-order valence-electron chi connectivity index (χ4n) is 2.95. The van der Waals surface area contributed by atoms with Gasteiger partial charge in [0.15, 0.2) is 0 Å². The second-order valence-corrected chi connectivity index (χ2v) is 5.25. The van der Waals surface area contributed by atoms with E-state index in [1.165, 1.54) is 0 Å². The Morgan fingerprint density at radius 3 is 2.90 bits per heavy atom. The van der Waals surface area contributed by atoms with Crippen LogP contribution in [-0.2, 0) is 4.79 Å². The molecule has 1 aliphatic rings. The molecule has 1 N–H and O–H groups in total. The summed E-state index contributed by atoms with van der Waals surface area (Å²) < 4.78 is 0. The number of carbonyl (C=O) groups is 1. The van der Waals surface area contributed by atoms with Crippen LogP contribution in [0, 0.1) is 0 Å². The predicted molar refractivity (Wildman–Crippen MR) is 79.0 cm³/mol. The number of carboxylic acids is 1. The first-order valence-corrected chi connectivity index (χ1v) is 7.10. The average Bonchev–Trinajstić information content (AvgIpc) is 2.72. The Morgan fingerprint density at radius 1 is 1.20 bits per heavy atom. The normalized spacial score (nSPS) is 19.8. The summed E-state index contributed by atoms with van der Waals surface area (Å²) in [5, 5.41) is 11.6. The molecule has 20 heavy (non-hydrogen) atoms. The number of benzene rings is 1. The Bertz CT molecular complexity index is 621. The Labute approximate surface area is 118 Å². The summed E-state index contributed by atoms with van der Waals surface area (Å²) in [4.78, 5) is 18.0. The minimum absolute atomic E-state index is 0.462. The highest BCUT2D eigenvalue weighted by molar-refractivity contribution is 5.93. The van der Waals surface area contributed by atoms with Crippen LogP contribution in [0.3, 0.4) is 0 Å². The Kier molecular flexibility index (Phi) is 3.54. The molecule has 0 bridgehead atoms. The molecule has 1 fully saturated rings. The third-order valence-corrected chi connectivity index (χ3v) is 3.96. The molecule has 0 spiro atoms. The van der Waals surface area contributed by atoms with Crippen molar-refractivity contribution in [2.75, 3.05) is 11.4 Å². The van der Waals surface area contributed by atoms with Gasteiger partial charge in [-0.2, -0.15) is 0 Å². The van der Waals surface area contributed by atoms with Gasteiger partial charge in [0.2, 0.25) is 0 Å². The van der Waals surface area contributed by atoms with E-state index in [2.05, 4.69) is 4.98 Å². The first-order chi connectivity index (χ1) is 9.77. The molecule has 2 heterocycles. The molecule has 1 saturated heterocycles. The summed E-state index contributed by atoms with van der Waals surface area (Å²) in [5.74, 6) is 0.0547. The summed E-state index contributed by atoms with van der Waals surface area (Å²) in [6.07, 6.45) is 5.54.